The molecule has 0 aromatic carbocycles. The largest absolute Gasteiger partial charge is 0.342 e. The van der Waals surface area contributed by atoms with Crippen molar-refractivity contribution in [1.82, 2.24) is 9.88 Å². The lowest BCUT2D eigenvalue weighted by molar-refractivity contribution is 0.0966. The summed E-state index contributed by atoms with van der Waals surface area (Å²) in [4.78, 5) is 12.3. The van der Waals surface area contributed by atoms with Gasteiger partial charge in [-0.1, -0.05) is 26.2 Å². The van der Waals surface area contributed by atoms with Crippen molar-refractivity contribution in [2.45, 2.75) is 57.9 Å². The Hall–Kier alpha value is -1.09. The summed E-state index contributed by atoms with van der Waals surface area (Å²) in [6.07, 6.45) is 9.71. The zero-order valence-electron chi connectivity index (χ0n) is 12.0. The molecule has 0 amide bonds. The molecule has 0 radical (unpaired) electrons. The van der Waals surface area contributed by atoms with Crippen molar-refractivity contribution in [1.29, 1.82) is 0 Å². The van der Waals surface area contributed by atoms with Crippen LogP contribution in [0.3, 0.4) is 0 Å². The number of nitrogens with one attached hydrogen (secondary N) is 1. The maximum atomic E-state index is 12.3. The van der Waals surface area contributed by atoms with Crippen molar-refractivity contribution < 1.29 is 4.79 Å². The van der Waals surface area contributed by atoms with Crippen molar-refractivity contribution in [3.63, 3.8) is 0 Å². The number of carbonyl (C=O) groups is 1. The van der Waals surface area contributed by atoms with Crippen LogP contribution in [0.25, 0.3) is 0 Å². The normalized spacial score (nSPS) is 16.7. The van der Waals surface area contributed by atoms with E-state index in [1.54, 1.807) is 0 Å². The SMILES string of the molecule is CCCCCCC(=O)c1cccn1C1CCNCC1. The van der Waals surface area contributed by atoms with Gasteiger partial charge in [0.15, 0.2) is 5.78 Å². The highest BCUT2D eigenvalue weighted by atomic mass is 16.1. The molecule has 0 atom stereocenters. The molecule has 106 valence electrons. The summed E-state index contributed by atoms with van der Waals surface area (Å²) in [5, 5.41) is 3.38. The lowest BCUT2D eigenvalue weighted by Crippen LogP contribution is -2.30. The maximum Gasteiger partial charge on any atom is 0.179 e. The average molecular weight is 262 g/mol. The van der Waals surface area contributed by atoms with Crippen molar-refractivity contribution in [2.24, 2.45) is 0 Å². The number of piperidine rings is 1. The molecule has 2 rings (SSSR count). The van der Waals surface area contributed by atoms with Gasteiger partial charge in [-0.25, -0.2) is 0 Å². The standard InChI is InChI=1S/C16H26N2O/c1-2-3-4-5-8-16(19)15-7-6-13-18(15)14-9-11-17-12-10-14/h6-7,13-14,17H,2-5,8-12H2,1H3. The highest BCUT2D eigenvalue weighted by Crippen LogP contribution is 2.22. The predicted octanol–water partition coefficient (Wildman–Crippen LogP) is 3.57. The number of rotatable bonds is 7. The Balaban J connectivity index is 1.92. The third-order valence-corrected chi connectivity index (χ3v) is 4.02. The van der Waals surface area contributed by atoms with Crippen LogP contribution in [0, 0.1) is 0 Å². The topological polar surface area (TPSA) is 34.0 Å². The van der Waals surface area contributed by atoms with E-state index in [1.165, 1.54) is 19.3 Å². The number of hydrogen-bond acceptors (Lipinski definition) is 2. The van der Waals surface area contributed by atoms with Gasteiger partial charge >= 0.3 is 0 Å². The fourth-order valence-corrected chi connectivity index (χ4v) is 2.87. The van der Waals surface area contributed by atoms with Crippen LogP contribution in [-0.4, -0.2) is 23.4 Å². The molecule has 2 heterocycles. The lowest BCUT2D eigenvalue weighted by Gasteiger charge is -2.25. The first kappa shape index (κ1) is 14.3. The van der Waals surface area contributed by atoms with E-state index in [1.807, 2.05) is 12.1 Å². The molecule has 0 spiro atoms. The Labute approximate surface area is 116 Å². The maximum absolute atomic E-state index is 12.3. The number of hydrogen-bond donors (Lipinski definition) is 1. The van der Waals surface area contributed by atoms with Gasteiger partial charge in [0.1, 0.15) is 0 Å². The number of Topliss-reactive ketones (excluding diaryl/α,β-unsaturated/α-hetero) is 1. The minimum absolute atomic E-state index is 0.319. The molecule has 1 aliphatic heterocycles. The summed E-state index contributed by atoms with van der Waals surface area (Å²) in [7, 11) is 0. The van der Waals surface area contributed by atoms with Crippen LogP contribution < -0.4 is 5.32 Å². The first-order valence-electron chi connectivity index (χ1n) is 7.73. The van der Waals surface area contributed by atoms with Gasteiger partial charge in [0.2, 0.25) is 0 Å². The van der Waals surface area contributed by atoms with Crippen molar-refractivity contribution in [3.05, 3.63) is 24.0 Å². The van der Waals surface area contributed by atoms with Crippen LogP contribution in [0.15, 0.2) is 18.3 Å². The van der Waals surface area contributed by atoms with Crippen molar-refractivity contribution in [3.8, 4) is 0 Å². The van der Waals surface area contributed by atoms with E-state index in [2.05, 4.69) is 23.0 Å². The minimum atomic E-state index is 0.319. The number of unbranched alkanes of at least 4 members (excludes halogenated alkanes) is 3. The van der Waals surface area contributed by atoms with Gasteiger partial charge in [-0.3, -0.25) is 4.79 Å². The van der Waals surface area contributed by atoms with Crippen molar-refractivity contribution in [2.75, 3.05) is 13.1 Å². The van der Waals surface area contributed by atoms with Crippen LogP contribution in [-0.2, 0) is 0 Å². The van der Waals surface area contributed by atoms with Crippen LogP contribution in [0.5, 0.6) is 0 Å². The number of aromatic nitrogens is 1. The molecule has 1 aromatic rings. The second kappa shape index (κ2) is 7.49. The van der Waals surface area contributed by atoms with E-state index >= 15 is 0 Å². The fourth-order valence-electron chi connectivity index (χ4n) is 2.87. The molecule has 0 bridgehead atoms. The van der Waals surface area contributed by atoms with Gasteiger partial charge in [-0.15, -0.1) is 0 Å². The van der Waals surface area contributed by atoms with Crippen LogP contribution in [0.1, 0.15) is 68.4 Å². The molecule has 1 N–H and O–H groups in total. The predicted molar refractivity (Wildman–Crippen MR) is 78.7 cm³/mol. The molecular formula is C16H26N2O. The molecule has 0 saturated carbocycles. The molecule has 1 fully saturated rings. The molecule has 1 saturated heterocycles. The fraction of sp³-hybridized carbons (Fsp3) is 0.688. The lowest BCUT2D eigenvalue weighted by atomic mass is 10.0. The molecule has 1 aromatic heterocycles. The quantitative estimate of drug-likeness (QED) is 0.602. The smallest absolute Gasteiger partial charge is 0.179 e. The van der Waals surface area contributed by atoms with Crippen molar-refractivity contribution >= 4 is 5.78 Å². The van der Waals surface area contributed by atoms with E-state index in [4.69, 9.17) is 0 Å². The van der Waals surface area contributed by atoms with E-state index in [9.17, 15) is 4.79 Å². The Bertz CT molecular complexity index is 391. The summed E-state index contributed by atoms with van der Waals surface area (Å²) in [5.74, 6) is 0.319. The summed E-state index contributed by atoms with van der Waals surface area (Å²) in [5.41, 5.74) is 0.920. The van der Waals surface area contributed by atoms with Crippen LogP contribution in [0.4, 0.5) is 0 Å². The monoisotopic (exact) mass is 262 g/mol. The van der Waals surface area contributed by atoms with E-state index in [-0.39, 0.29) is 0 Å². The molecule has 0 unspecified atom stereocenters. The second-order valence-electron chi connectivity index (χ2n) is 5.52. The van der Waals surface area contributed by atoms with Gasteiger partial charge in [0.25, 0.3) is 0 Å². The third-order valence-electron chi connectivity index (χ3n) is 4.02. The van der Waals surface area contributed by atoms with Gasteiger partial charge in [0, 0.05) is 18.7 Å². The third kappa shape index (κ3) is 3.93. The first-order valence-corrected chi connectivity index (χ1v) is 7.73. The van der Waals surface area contributed by atoms with Gasteiger partial charge < -0.3 is 9.88 Å². The van der Waals surface area contributed by atoms with E-state index in [0.29, 0.717) is 18.2 Å². The van der Waals surface area contributed by atoms with Crippen LogP contribution in [0.2, 0.25) is 0 Å². The minimum Gasteiger partial charge on any atom is -0.342 e. The highest BCUT2D eigenvalue weighted by molar-refractivity contribution is 5.94. The summed E-state index contributed by atoms with van der Waals surface area (Å²) < 4.78 is 2.21. The Morgan fingerprint density at radius 3 is 2.84 bits per heavy atom. The van der Waals surface area contributed by atoms with Gasteiger partial charge in [-0.05, 0) is 44.5 Å². The molecule has 0 aliphatic carbocycles. The molecule has 1 aliphatic rings. The summed E-state index contributed by atoms with van der Waals surface area (Å²) in [6.45, 7) is 4.32. The van der Waals surface area contributed by atoms with Crippen LogP contribution >= 0.6 is 0 Å². The molecular weight excluding hydrogens is 236 g/mol. The zero-order chi connectivity index (χ0) is 13.5. The highest BCUT2D eigenvalue weighted by Gasteiger charge is 2.19. The average Bonchev–Trinajstić information content (AvgIpc) is 2.94. The summed E-state index contributed by atoms with van der Waals surface area (Å²) in [6, 6.07) is 4.51. The second-order valence-corrected chi connectivity index (χ2v) is 5.52. The Kier molecular flexibility index (Phi) is 5.64. The van der Waals surface area contributed by atoms with E-state index in [0.717, 1.165) is 38.0 Å². The number of ketones is 1. The van der Waals surface area contributed by atoms with Gasteiger partial charge in [-0.2, -0.15) is 0 Å². The number of carbonyl (C=O) groups excluding carboxylic acids is 1. The Morgan fingerprint density at radius 1 is 1.32 bits per heavy atom. The number of nitrogens with zero attached hydrogens (tertiary/aromatic N) is 1. The first-order chi connectivity index (χ1) is 9.33. The summed E-state index contributed by atoms with van der Waals surface area (Å²) >= 11 is 0. The molecule has 3 heteroatoms. The van der Waals surface area contributed by atoms with Gasteiger partial charge in [0.05, 0.1) is 5.69 Å². The molecule has 19 heavy (non-hydrogen) atoms. The molecule has 3 nitrogen and oxygen atoms in total. The zero-order valence-corrected chi connectivity index (χ0v) is 12.0. The Morgan fingerprint density at radius 2 is 2.11 bits per heavy atom. The van der Waals surface area contributed by atoms with E-state index < -0.39 is 0 Å².